The first kappa shape index (κ1) is 11.6. The van der Waals surface area contributed by atoms with Crippen LogP contribution in [0.3, 0.4) is 0 Å². The molecule has 1 aromatic heterocycles. The molecule has 1 unspecified atom stereocenters. The SMILES string of the molecule is Cc1ccsc1C(C)(N)c1ccc(Cl)cc1. The van der Waals surface area contributed by atoms with E-state index in [-0.39, 0.29) is 0 Å². The molecule has 0 bridgehead atoms. The summed E-state index contributed by atoms with van der Waals surface area (Å²) in [5, 5.41) is 2.81. The van der Waals surface area contributed by atoms with Gasteiger partial charge in [-0.3, -0.25) is 0 Å². The highest BCUT2D eigenvalue weighted by Crippen LogP contribution is 2.33. The molecule has 2 aromatic rings. The number of rotatable bonds is 2. The second kappa shape index (κ2) is 4.21. The standard InChI is InChI=1S/C13H14ClNS/c1-9-7-8-16-12(9)13(2,15)10-3-5-11(14)6-4-10/h3-8H,15H2,1-2H3. The van der Waals surface area contributed by atoms with E-state index in [4.69, 9.17) is 17.3 Å². The van der Waals surface area contributed by atoms with Crippen LogP contribution >= 0.6 is 22.9 Å². The molecule has 0 amide bonds. The van der Waals surface area contributed by atoms with E-state index in [1.54, 1.807) is 11.3 Å². The second-order valence-corrected chi connectivity index (χ2v) is 5.49. The lowest BCUT2D eigenvalue weighted by molar-refractivity contribution is 0.613. The average molecular weight is 252 g/mol. The van der Waals surface area contributed by atoms with E-state index in [0.29, 0.717) is 0 Å². The minimum absolute atomic E-state index is 0.442. The van der Waals surface area contributed by atoms with Crippen molar-refractivity contribution in [1.82, 2.24) is 0 Å². The fourth-order valence-electron chi connectivity index (χ4n) is 1.83. The van der Waals surface area contributed by atoms with Crippen LogP contribution < -0.4 is 5.73 Å². The van der Waals surface area contributed by atoms with Gasteiger partial charge in [0.25, 0.3) is 0 Å². The Morgan fingerprint density at radius 2 is 1.81 bits per heavy atom. The van der Waals surface area contributed by atoms with Crippen LogP contribution in [0.15, 0.2) is 35.7 Å². The van der Waals surface area contributed by atoms with Crippen LogP contribution in [-0.4, -0.2) is 0 Å². The molecule has 0 fully saturated rings. The first-order valence-corrected chi connectivity index (χ1v) is 6.37. The van der Waals surface area contributed by atoms with Crippen LogP contribution in [0, 0.1) is 6.92 Å². The van der Waals surface area contributed by atoms with Crippen LogP contribution in [0.1, 0.15) is 22.9 Å². The maximum absolute atomic E-state index is 6.42. The van der Waals surface area contributed by atoms with Crippen LogP contribution in [0.2, 0.25) is 5.02 Å². The zero-order chi connectivity index (χ0) is 11.8. The molecule has 84 valence electrons. The summed E-state index contributed by atoms with van der Waals surface area (Å²) in [5.74, 6) is 0. The zero-order valence-corrected chi connectivity index (χ0v) is 10.9. The molecule has 0 saturated carbocycles. The molecule has 1 aromatic carbocycles. The lowest BCUT2D eigenvalue weighted by atomic mass is 9.90. The molecule has 1 heterocycles. The number of hydrogen-bond donors (Lipinski definition) is 1. The van der Waals surface area contributed by atoms with Crippen LogP contribution in [-0.2, 0) is 5.54 Å². The first-order chi connectivity index (χ1) is 7.51. The molecular formula is C13H14ClNS. The molecule has 16 heavy (non-hydrogen) atoms. The van der Waals surface area contributed by atoms with Gasteiger partial charge in [0, 0.05) is 9.90 Å². The van der Waals surface area contributed by atoms with Crippen molar-refractivity contribution in [3.63, 3.8) is 0 Å². The molecular weight excluding hydrogens is 238 g/mol. The molecule has 0 aliphatic carbocycles. The molecule has 0 radical (unpaired) electrons. The van der Waals surface area contributed by atoms with Gasteiger partial charge in [0.2, 0.25) is 0 Å². The maximum Gasteiger partial charge on any atom is 0.0733 e. The summed E-state index contributed by atoms with van der Waals surface area (Å²) in [6.45, 7) is 4.13. The predicted octanol–water partition coefficient (Wildman–Crippen LogP) is 3.93. The van der Waals surface area contributed by atoms with Gasteiger partial charge in [0.15, 0.2) is 0 Å². The summed E-state index contributed by atoms with van der Waals surface area (Å²) in [6, 6.07) is 9.83. The number of halogens is 1. The third kappa shape index (κ3) is 2.01. The monoisotopic (exact) mass is 251 g/mol. The third-order valence-electron chi connectivity index (χ3n) is 2.78. The van der Waals surface area contributed by atoms with Crippen molar-refractivity contribution in [3.8, 4) is 0 Å². The van der Waals surface area contributed by atoms with Crippen molar-refractivity contribution in [2.24, 2.45) is 5.73 Å². The van der Waals surface area contributed by atoms with Crippen molar-refractivity contribution >= 4 is 22.9 Å². The number of hydrogen-bond acceptors (Lipinski definition) is 2. The summed E-state index contributed by atoms with van der Waals surface area (Å²) in [7, 11) is 0. The van der Waals surface area contributed by atoms with Crippen LogP contribution in [0.25, 0.3) is 0 Å². The highest BCUT2D eigenvalue weighted by molar-refractivity contribution is 7.10. The van der Waals surface area contributed by atoms with E-state index in [0.717, 1.165) is 10.6 Å². The van der Waals surface area contributed by atoms with Gasteiger partial charge < -0.3 is 5.73 Å². The molecule has 3 heteroatoms. The van der Waals surface area contributed by atoms with E-state index in [1.165, 1.54) is 10.4 Å². The first-order valence-electron chi connectivity index (χ1n) is 5.11. The Morgan fingerprint density at radius 3 is 2.31 bits per heavy atom. The number of benzene rings is 1. The Kier molecular flexibility index (Phi) is 3.06. The molecule has 1 atom stereocenters. The Morgan fingerprint density at radius 1 is 1.19 bits per heavy atom. The predicted molar refractivity (Wildman–Crippen MR) is 71.1 cm³/mol. The lowest BCUT2D eigenvalue weighted by Gasteiger charge is -2.25. The average Bonchev–Trinajstić information content (AvgIpc) is 2.66. The van der Waals surface area contributed by atoms with E-state index >= 15 is 0 Å². The Hall–Kier alpha value is -0.830. The third-order valence-corrected chi connectivity index (χ3v) is 4.28. The Bertz CT molecular complexity index is 485. The molecule has 0 spiro atoms. The van der Waals surface area contributed by atoms with Gasteiger partial charge in [-0.25, -0.2) is 0 Å². The fraction of sp³-hybridized carbons (Fsp3) is 0.231. The highest BCUT2D eigenvalue weighted by atomic mass is 35.5. The normalized spacial score (nSPS) is 14.8. The lowest BCUT2D eigenvalue weighted by Crippen LogP contribution is -2.33. The largest absolute Gasteiger partial charge is 0.317 e. The molecule has 2 rings (SSSR count). The molecule has 1 nitrogen and oxygen atoms in total. The van der Waals surface area contributed by atoms with E-state index in [9.17, 15) is 0 Å². The quantitative estimate of drug-likeness (QED) is 0.860. The van der Waals surface area contributed by atoms with Crippen molar-refractivity contribution in [2.45, 2.75) is 19.4 Å². The van der Waals surface area contributed by atoms with Crippen molar-refractivity contribution in [3.05, 3.63) is 56.7 Å². The minimum atomic E-state index is -0.442. The van der Waals surface area contributed by atoms with Gasteiger partial charge in [-0.05, 0) is 48.6 Å². The van der Waals surface area contributed by atoms with Crippen molar-refractivity contribution < 1.29 is 0 Å². The highest BCUT2D eigenvalue weighted by Gasteiger charge is 2.26. The number of thiophene rings is 1. The second-order valence-electron chi connectivity index (χ2n) is 4.14. The summed E-state index contributed by atoms with van der Waals surface area (Å²) in [6.07, 6.45) is 0. The smallest absolute Gasteiger partial charge is 0.0733 e. The Balaban J connectivity index is 2.46. The van der Waals surface area contributed by atoms with Gasteiger partial charge in [0.05, 0.1) is 5.54 Å². The summed E-state index contributed by atoms with van der Waals surface area (Å²) in [5.41, 5.74) is 8.31. The van der Waals surface area contributed by atoms with Gasteiger partial charge in [0.1, 0.15) is 0 Å². The zero-order valence-electron chi connectivity index (χ0n) is 9.33. The van der Waals surface area contributed by atoms with E-state index in [2.05, 4.69) is 18.4 Å². The van der Waals surface area contributed by atoms with Crippen LogP contribution in [0.5, 0.6) is 0 Å². The Labute approximate surface area is 105 Å². The van der Waals surface area contributed by atoms with Crippen molar-refractivity contribution in [1.29, 1.82) is 0 Å². The summed E-state index contributed by atoms with van der Waals surface area (Å²) < 4.78 is 0. The van der Waals surface area contributed by atoms with Gasteiger partial charge in [-0.2, -0.15) is 0 Å². The molecule has 2 N–H and O–H groups in total. The van der Waals surface area contributed by atoms with E-state index < -0.39 is 5.54 Å². The van der Waals surface area contributed by atoms with Gasteiger partial charge in [-0.15, -0.1) is 11.3 Å². The molecule has 0 aliphatic heterocycles. The molecule has 0 saturated heterocycles. The minimum Gasteiger partial charge on any atom is -0.317 e. The van der Waals surface area contributed by atoms with Crippen molar-refractivity contribution in [2.75, 3.05) is 0 Å². The fourth-order valence-corrected chi connectivity index (χ4v) is 2.98. The maximum atomic E-state index is 6.42. The topological polar surface area (TPSA) is 26.0 Å². The summed E-state index contributed by atoms with van der Waals surface area (Å²) in [4.78, 5) is 1.20. The van der Waals surface area contributed by atoms with Gasteiger partial charge >= 0.3 is 0 Å². The van der Waals surface area contributed by atoms with Gasteiger partial charge in [-0.1, -0.05) is 23.7 Å². The van der Waals surface area contributed by atoms with E-state index in [1.807, 2.05) is 31.2 Å². The number of aryl methyl sites for hydroxylation is 1. The van der Waals surface area contributed by atoms with Crippen LogP contribution in [0.4, 0.5) is 0 Å². The summed E-state index contributed by atoms with van der Waals surface area (Å²) >= 11 is 7.58. The number of nitrogens with two attached hydrogens (primary N) is 1. The molecule has 0 aliphatic rings.